The summed E-state index contributed by atoms with van der Waals surface area (Å²) in [4.78, 5) is 26.8. The smallest absolute Gasteiger partial charge is 0.389 e. The van der Waals surface area contributed by atoms with Crippen LogP contribution < -0.4 is 8.37 Å². The number of hydrogen-bond acceptors (Lipinski definition) is 10. The molecule has 0 radical (unpaired) electrons. The molecule has 3 aliphatic rings. The number of hydrogen-bond donors (Lipinski definition) is 3. The first-order valence-electron chi connectivity index (χ1n) is 17.7. The summed E-state index contributed by atoms with van der Waals surface area (Å²) in [7, 11) is -9.95. The largest absolute Gasteiger partial charge is 0.446 e. The van der Waals surface area contributed by atoms with E-state index >= 15 is 0 Å². The van der Waals surface area contributed by atoms with Gasteiger partial charge in [0.15, 0.2) is 0 Å². The molecule has 50 heavy (non-hydrogen) atoms. The molecule has 2 aliphatic carbocycles. The number of aliphatic hydroxyl groups is 1. The Morgan fingerprint density at radius 2 is 1.54 bits per heavy atom. The number of ether oxygens (including phenoxy) is 1. The minimum atomic E-state index is -5.01. The Morgan fingerprint density at radius 3 is 2.16 bits per heavy atom. The lowest BCUT2D eigenvalue weighted by Gasteiger charge is -2.58. The van der Waals surface area contributed by atoms with Gasteiger partial charge in [0.1, 0.15) is 23.1 Å². The first-order chi connectivity index (χ1) is 22.8. The summed E-state index contributed by atoms with van der Waals surface area (Å²) >= 11 is 0. The van der Waals surface area contributed by atoms with Crippen LogP contribution >= 0.6 is 0 Å². The molecule has 14 heteroatoms. The number of ketones is 2. The van der Waals surface area contributed by atoms with E-state index in [1.165, 1.54) is 6.92 Å². The molecule has 3 fully saturated rings. The SMILES string of the molecule is CC(=O)CCC1[C@](C)(CC[C@@]2(O)[C@H](C)CCC3OC(C)(C)CCC[C@@]32C)CCC[C@@]1(C)C(=O)Cc1cc(OS(=O)(=O)O)ccc1OS(=O)(=O)O. The summed E-state index contributed by atoms with van der Waals surface area (Å²) in [5.41, 5.74) is -3.28. The molecule has 0 bridgehead atoms. The number of fused-ring (bicyclic) bond motifs is 1. The molecule has 1 aliphatic heterocycles. The first kappa shape index (κ1) is 40.7. The van der Waals surface area contributed by atoms with Crippen molar-refractivity contribution >= 4 is 32.4 Å². The molecule has 1 aromatic rings. The van der Waals surface area contributed by atoms with Gasteiger partial charge >= 0.3 is 20.8 Å². The van der Waals surface area contributed by atoms with Crippen molar-refractivity contribution in [1.29, 1.82) is 0 Å². The summed E-state index contributed by atoms with van der Waals surface area (Å²) in [5, 5.41) is 12.7. The highest BCUT2D eigenvalue weighted by Crippen LogP contribution is 2.60. The molecule has 7 atom stereocenters. The number of Topliss-reactive ketones (excluding diaryl/α,β-unsaturated/α-hetero) is 2. The Morgan fingerprint density at radius 1 is 0.900 bits per heavy atom. The predicted molar refractivity (Wildman–Crippen MR) is 186 cm³/mol. The van der Waals surface area contributed by atoms with E-state index in [0.717, 1.165) is 56.7 Å². The highest BCUT2D eigenvalue weighted by Gasteiger charge is 2.60. The maximum Gasteiger partial charge on any atom is 0.446 e. The Balaban J connectivity index is 1.69. The second-order valence-electron chi connectivity index (χ2n) is 16.6. The summed E-state index contributed by atoms with van der Waals surface area (Å²) in [6.45, 7) is 14.0. The summed E-state index contributed by atoms with van der Waals surface area (Å²) in [6, 6.07) is 3.10. The average Bonchev–Trinajstić information content (AvgIpc) is 3.08. The third-order valence-electron chi connectivity index (χ3n) is 12.6. The lowest BCUT2D eigenvalue weighted by atomic mass is 9.49. The van der Waals surface area contributed by atoms with Crippen molar-refractivity contribution in [1.82, 2.24) is 0 Å². The van der Waals surface area contributed by atoms with Crippen molar-refractivity contribution in [2.75, 3.05) is 0 Å². The van der Waals surface area contributed by atoms with Crippen LogP contribution in [0, 0.1) is 28.1 Å². The molecule has 1 saturated heterocycles. The van der Waals surface area contributed by atoms with Crippen molar-refractivity contribution in [3.8, 4) is 11.5 Å². The highest BCUT2D eigenvalue weighted by atomic mass is 32.3. The summed E-state index contributed by atoms with van der Waals surface area (Å²) < 4.78 is 80.6. The van der Waals surface area contributed by atoms with Gasteiger partial charge in [0.25, 0.3) is 0 Å². The number of carbonyl (C=O) groups excluding carboxylic acids is 2. The van der Waals surface area contributed by atoms with E-state index in [0.29, 0.717) is 32.1 Å². The molecule has 1 heterocycles. The molecule has 284 valence electrons. The van der Waals surface area contributed by atoms with E-state index in [9.17, 15) is 40.6 Å². The fourth-order valence-electron chi connectivity index (χ4n) is 9.76. The van der Waals surface area contributed by atoms with Crippen LogP contribution in [-0.4, -0.2) is 59.9 Å². The predicted octanol–water partition coefficient (Wildman–Crippen LogP) is 6.64. The van der Waals surface area contributed by atoms with Gasteiger partial charge in [-0.05, 0) is 120 Å². The topological polar surface area (TPSA) is 191 Å². The van der Waals surface area contributed by atoms with Crippen LogP contribution in [-0.2, 0) is 41.5 Å². The molecule has 2 saturated carbocycles. The molecule has 3 N–H and O–H groups in total. The van der Waals surface area contributed by atoms with Gasteiger partial charge in [-0.3, -0.25) is 13.9 Å². The maximum absolute atomic E-state index is 14.5. The Hall–Kier alpha value is -2.10. The first-order valence-corrected chi connectivity index (χ1v) is 20.5. The van der Waals surface area contributed by atoms with Crippen LogP contribution in [0.3, 0.4) is 0 Å². The van der Waals surface area contributed by atoms with Crippen LogP contribution in [0.5, 0.6) is 11.5 Å². The molecular formula is C36H56O12S2. The minimum Gasteiger partial charge on any atom is -0.389 e. The summed E-state index contributed by atoms with van der Waals surface area (Å²) in [6.07, 6.45) is 7.68. The zero-order chi connectivity index (χ0) is 37.6. The van der Waals surface area contributed by atoms with E-state index in [-0.39, 0.29) is 47.1 Å². The second-order valence-corrected chi connectivity index (χ2v) is 18.7. The van der Waals surface area contributed by atoms with E-state index in [2.05, 4.69) is 38.8 Å². The molecule has 0 amide bonds. The minimum absolute atomic E-state index is 0.0141. The lowest BCUT2D eigenvalue weighted by Crippen LogP contribution is -2.61. The van der Waals surface area contributed by atoms with Gasteiger partial charge in [0.2, 0.25) is 0 Å². The lowest BCUT2D eigenvalue weighted by molar-refractivity contribution is -0.229. The molecule has 0 aromatic heterocycles. The fourth-order valence-corrected chi connectivity index (χ4v) is 10.5. The third kappa shape index (κ3) is 8.91. The van der Waals surface area contributed by atoms with Crippen molar-refractivity contribution in [2.45, 2.75) is 149 Å². The van der Waals surface area contributed by atoms with Crippen molar-refractivity contribution < 1.29 is 53.7 Å². The average molecular weight is 745 g/mol. The van der Waals surface area contributed by atoms with Crippen LogP contribution in [0.15, 0.2) is 18.2 Å². The normalized spacial score (nSPS) is 34.6. The molecule has 2 unspecified atom stereocenters. The van der Waals surface area contributed by atoms with Crippen molar-refractivity contribution in [3.05, 3.63) is 23.8 Å². The second kappa shape index (κ2) is 14.4. The van der Waals surface area contributed by atoms with Gasteiger partial charge in [0, 0.05) is 29.2 Å². The van der Waals surface area contributed by atoms with Gasteiger partial charge in [-0.1, -0.05) is 34.1 Å². The number of benzene rings is 1. The monoisotopic (exact) mass is 744 g/mol. The van der Waals surface area contributed by atoms with Gasteiger partial charge in [-0.2, -0.15) is 16.8 Å². The number of carbonyl (C=O) groups is 2. The van der Waals surface area contributed by atoms with Crippen LogP contribution in [0.2, 0.25) is 0 Å². The van der Waals surface area contributed by atoms with E-state index in [1.807, 2.05) is 6.92 Å². The Labute approximate surface area is 297 Å². The fraction of sp³-hybridized carbons (Fsp3) is 0.778. The summed E-state index contributed by atoms with van der Waals surface area (Å²) in [5.74, 6) is -1.37. The quantitative estimate of drug-likeness (QED) is 0.183. The highest BCUT2D eigenvalue weighted by molar-refractivity contribution is 7.81. The van der Waals surface area contributed by atoms with E-state index < -0.39 is 60.6 Å². The molecular weight excluding hydrogens is 689 g/mol. The van der Waals surface area contributed by atoms with E-state index in [1.54, 1.807) is 0 Å². The van der Waals surface area contributed by atoms with E-state index in [4.69, 9.17) is 8.92 Å². The maximum atomic E-state index is 14.5. The van der Waals surface area contributed by atoms with Crippen molar-refractivity contribution in [2.24, 2.45) is 28.1 Å². The van der Waals surface area contributed by atoms with Gasteiger partial charge in [0.05, 0.1) is 17.3 Å². The van der Waals surface area contributed by atoms with Gasteiger partial charge in [-0.15, -0.1) is 0 Å². The van der Waals surface area contributed by atoms with Gasteiger partial charge in [-0.25, -0.2) is 0 Å². The molecule has 1 aromatic carbocycles. The zero-order valence-electron chi connectivity index (χ0n) is 30.5. The molecule has 4 rings (SSSR count). The van der Waals surface area contributed by atoms with Crippen LogP contribution in [0.1, 0.15) is 131 Å². The Bertz CT molecular complexity index is 1660. The Kier molecular flexibility index (Phi) is 11.7. The molecule has 0 spiro atoms. The van der Waals surface area contributed by atoms with Crippen LogP contribution in [0.4, 0.5) is 0 Å². The molecule has 12 nitrogen and oxygen atoms in total. The van der Waals surface area contributed by atoms with Gasteiger partial charge < -0.3 is 23.0 Å². The van der Waals surface area contributed by atoms with Crippen molar-refractivity contribution in [3.63, 3.8) is 0 Å². The third-order valence-corrected chi connectivity index (χ3v) is 13.4. The standard InChI is InChI=1S/C36H56O12S2/c1-24-10-15-31-35(7,19-8-16-32(3,4)46-31)36(24,39)21-20-33(5)17-9-18-34(6,29(33)14-11-25(2)37)30(38)23-26-22-27(47-49(40,41)42)12-13-28(26)48-50(43,44)45/h12-13,22,24,29,31,39H,8-11,14-21,23H2,1-7H3,(H,40,41,42)(H,43,44,45)/t24-,29?,31?,33+,34-,35+,36-/m1/s1. The van der Waals surface area contributed by atoms with Crippen LogP contribution in [0.25, 0.3) is 0 Å². The number of rotatable bonds is 13. The zero-order valence-corrected chi connectivity index (χ0v) is 32.1.